The summed E-state index contributed by atoms with van der Waals surface area (Å²) in [7, 11) is 2.54. The largest absolute Gasteiger partial charge is 0.467 e. The Morgan fingerprint density at radius 1 is 1.13 bits per heavy atom. The molecule has 1 atom stereocenters. The second-order valence-electron chi connectivity index (χ2n) is 6.02. The number of hydrogen-bond acceptors (Lipinski definition) is 6. The Morgan fingerprint density at radius 3 is 2.13 bits per heavy atom. The van der Waals surface area contributed by atoms with Crippen LogP contribution >= 0.6 is 11.6 Å². The van der Waals surface area contributed by atoms with Gasteiger partial charge in [0.15, 0.2) is 11.8 Å². The molecule has 128 valence electrons. The zero-order chi connectivity index (χ0) is 17.9. The fourth-order valence-electron chi connectivity index (χ4n) is 2.06. The number of hydrogen-bond donors (Lipinski definition) is 0. The number of rotatable bonds is 4. The summed E-state index contributed by atoms with van der Waals surface area (Å²) >= 11 is 6.39. The third-order valence-electron chi connectivity index (χ3n) is 3.12. The van der Waals surface area contributed by atoms with Gasteiger partial charge in [0.1, 0.15) is 0 Å². The number of esters is 2. The summed E-state index contributed by atoms with van der Waals surface area (Å²) in [5, 5.41) is 0.234. The van der Waals surface area contributed by atoms with Crippen molar-refractivity contribution in [3.8, 4) is 0 Å². The maximum absolute atomic E-state index is 12.2. The second kappa shape index (κ2) is 7.27. The number of aromatic nitrogens is 1. The number of nitrogens with zero attached hydrogens (tertiary/aromatic N) is 1. The number of methoxy groups -OCH3 is 2. The van der Waals surface area contributed by atoms with Crippen LogP contribution in [-0.2, 0) is 19.0 Å². The van der Waals surface area contributed by atoms with E-state index in [1.165, 1.54) is 14.2 Å². The lowest BCUT2D eigenvalue weighted by molar-refractivity contribution is -0.164. The third kappa shape index (κ3) is 4.42. The molecule has 0 saturated heterocycles. The first-order chi connectivity index (χ1) is 10.5. The van der Waals surface area contributed by atoms with Crippen molar-refractivity contribution in [2.45, 2.75) is 46.3 Å². The Hall–Kier alpha value is -1.66. The Labute approximate surface area is 141 Å². The summed E-state index contributed by atoms with van der Waals surface area (Å²) in [5.74, 6) is -1.18. The van der Waals surface area contributed by atoms with Crippen molar-refractivity contribution in [3.63, 3.8) is 0 Å². The summed E-state index contributed by atoms with van der Waals surface area (Å²) in [6.45, 7) is 8.73. The van der Waals surface area contributed by atoms with Crippen LogP contribution in [0.1, 0.15) is 54.2 Å². The smallest absolute Gasteiger partial charge is 0.356 e. The van der Waals surface area contributed by atoms with Crippen LogP contribution in [0, 0.1) is 13.8 Å². The van der Waals surface area contributed by atoms with E-state index in [1.54, 1.807) is 13.8 Å². The molecule has 6 nitrogen and oxygen atoms in total. The molecule has 0 aliphatic carbocycles. The Morgan fingerprint density at radius 2 is 1.70 bits per heavy atom. The van der Waals surface area contributed by atoms with E-state index in [1.807, 2.05) is 20.8 Å². The third-order valence-corrected chi connectivity index (χ3v) is 3.60. The van der Waals surface area contributed by atoms with E-state index in [9.17, 15) is 9.59 Å². The van der Waals surface area contributed by atoms with Crippen LogP contribution in [0.25, 0.3) is 0 Å². The molecule has 0 aromatic carbocycles. The minimum absolute atomic E-state index is 0.109. The van der Waals surface area contributed by atoms with E-state index in [0.29, 0.717) is 16.8 Å². The van der Waals surface area contributed by atoms with Crippen molar-refractivity contribution in [1.82, 2.24) is 4.98 Å². The highest BCUT2D eigenvalue weighted by atomic mass is 35.5. The van der Waals surface area contributed by atoms with E-state index >= 15 is 0 Å². The lowest BCUT2D eigenvalue weighted by Gasteiger charge is -2.28. The minimum atomic E-state index is -1.04. The molecular formula is C16H22ClNO5. The summed E-state index contributed by atoms with van der Waals surface area (Å²) in [6.07, 6.45) is -1.04. The first kappa shape index (κ1) is 19.4. The molecule has 0 fully saturated rings. The molecule has 1 aromatic heterocycles. The lowest BCUT2D eigenvalue weighted by Crippen LogP contribution is -2.29. The van der Waals surface area contributed by atoms with Gasteiger partial charge in [0, 0.05) is 16.8 Å². The molecule has 1 aromatic rings. The highest BCUT2D eigenvalue weighted by molar-refractivity contribution is 6.32. The molecule has 0 saturated carbocycles. The highest BCUT2D eigenvalue weighted by Gasteiger charge is 2.33. The van der Waals surface area contributed by atoms with Crippen LogP contribution in [0.5, 0.6) is 0 Å². The quantitative estimate of drug-likeness (QED) is 0.782. The van der Waals surface area contributed by atoms with Crippen LogP contribution in [0.3, 0.4) is 0 Å². The summed E-state index contributed by atoms with van der Waals surface area (Å²) in [4.78, 5) is 28.2. The molecule has 0 spiro atoms. The first-order valence-corrected chi connectivity index (χ1v) is 7.41. The van der Waals surface area contributed by atoms with Crippen molar-refractivity contribution in [1.29, 1.82) is 0 Å². The van der Waals surface area contributed by atoms with Crippen molar-refractivity contribution in [2.24, 2.45) is 0 Å². The summed E-state index contributed by atoms with van der Waals surface area (Å²) in [6, 6.07) is 0. The van der Waals surface area contributed by atoms with Gasteiger partial charge >= 0.3 is 11.9 Å². The van der Waals surface area contributed by atoms with Crippen LogP contribution in [0.4, 0.5) is 0 Å². The molecule has 1 rings (SSSR count). The topological polar surface area (TPSA) is 74.7 Å². The second-order valence-corrected chi connectivity index (χ2v) is 6.40. The number of aryl methyl sites for hydroxylation is 1. The van der Waals surface area contributed by atoms with Crippen LogP contribution in [0.15, 0.2) is 0 Å². The predicted molar refractivity (Wildman–Crippen MR) is 85.7 cm³/mol. The van der Waals surface area contributed by atoms with Gasteiger partial charge in [-0.25, -0.2) is 14.6 Å². The normalized spacial score (nSPS) is 12.7. The van der Waals surface area contributed by atoms with Gasteiger partial charge in [0.25, 0.3) is 0 Å². The maximum Gasteiger partial charge on any atom is 0.356 e. The van der Waals surface area contributed by atoms with E-state index < -0.39 is 23.6 Å². The Kier molecular flexibility index (Phi) is 6.13. The standard InChI is InChI=1S/C16H22ClNO5/c1-8-11(17)10(9(2)18-12(8)14(19)21-6)13(15(20)22-7)23-16(3,4)5/h13H,1-7H3. The summed E-state index contributed by atoms with van der Waals surface area (Å²) in [5.41, 5.74) is 0.715. The van der Waals surface area contributed by atoms with Gasteiger partial charge in [-0.05, 0) is 34.6 Å². The van der Waals surface area contributed by atoms with E-state index in [0.717, 1.165) is 0 Å². The lowest BCUT2D eigenvalue weighted by atomic mass is 10.0. The number of carbonyl (C=O) groups is 2. The van der Waals surface area contributed by atoms with Gasteiger partial charge in [0.2, 0.25) is 0 Å². The molecule has 0 radical (unpaired) electrons. The van der Waals surface area contributed by atoms with Gasteiger partial charge in [-0.2, -0.15) is 0 Å². The molecule has 0 N–H and O–H groups in total. The SMILES string of the molecule is COC(=O)c1nc(C)c(C(OC(C)(C)C)C(=O)OC)c(Cl)c1C. The predicted octanol–water partition coefficient (Wildman–Crippen LogP) is 3.17. The minimum Gasteiger partial charge on any atom is -0.467 e. The van der Waals surface area contributed by atoms with Crippen molar-refractivity contribution < 1.29 is 23.8 Å². The molecule has 0 amide bonds. The van der Waals surface area contributed by atoms with Crippen LogP contribution in [-0.4, -0.2) is 36.7 Å². The van der Waals surface area contributed by atoms with E-state index in [2.05, 4.69) is 4.98 Å². The molecule has 1 heterocycles. The van der Waals surface area contributed by atoms with Gasteiger partial charge in [-0.3, -0.25) is 0 Å². The van der Waals surface area contributed by atoms with Gasteiger partial charge in [-0.15, -0.1) is 0 Å². The monoisotopic (exact) mass is 343 g/mol. The number of pyridine rings is 1. The molecule has 0 bridgehead atoms. The van der Waals surface area contributed by atoms with Crippen molar-refractivity contribution >= 4 is 23.5 Å². The van der Waals surface area contributed by atoms with E-state index in [4.69, 9.17) is 25.8 Å². The summed E-state index contributed by atoms with van der Waals surface area (Å²) < 4.78 is 15.3. The molecule has 23 heavy (non-hydrogen) atoms. The van der Waals surface area contributed by atoms with Crippen LogP contribution in [0.2, 0.25) is 5.02 Å². The fraction of sp³-hybridized carbons (Fsp3) is 0.562. The van der Waals surface area contributed by atoms with E-state index in [-0.39, 0.29) is 10.7 Å². The number of ether oxygens (including phenoxy) is 3. The van der Waals surface area contributed by atoms with Crippen molar-refractivity contribution in [2.75, 3.05) is 14.2 Å². The van der Waals surface area contributed by atoms with Gasteiger partial charge in [-0.1, -0.05) is 11.6 Å². The Bertz CT molecular complexity index is 622. The molecular weight excluding hydrogens is 322 g/mol. The Balaban J connectivity index is 3.52. The fourth-order valence-corrected chi connectivity index (χ4v) is 2.39. The zero-order valence-electron chi connectivity index (χ0n) is 14.4. The number of halogens is 1. The molecule has 1 unspecified atom stereocenters. The first-order valence-electron chi connectivity index (χ1n) is 7.04. The average Bonchev–Trinajstić information content (AvgIpc) is 2.47. The number of carbonyl (C=O) groups excluding carboxylic acids is 2. The van der Waals surface area contributed by atoms with Gasteiger partial charge < -0.3 is 14.2 Å². The van der Waals surface area contributed by atoms with Gasteiger partial charge in [0.05, 0.1) is 24.8 Å². The molecule has 7 heteroatoms. The highest BCUT2D eigenvalue weighted by Crippen LogP contribution is 2.35. The van der Waals surface area contributed by atoms with Crippen LogP contribution < -0.4 is 0 Å². The molecule has 0 aliphatic rings. The maximum atomic E-state index is 12.2. The van der Waals surface area contributed by atoms with Crippen molar-refractivity contribution in [3.05, 3.63) is 27.5 Å². The zero-order valence-corrected chi connectivity index (χ0v) is 15.2. The average molecular weight is 344 g/mol. The molecule has 0 aliphatic heterocycles.